The van der Waals surface area contributed by atoms with Gasteiger partial charge >= 0.3 is 0 Å². The summed E-state index contributed by atoms with van der Waals surface area (Å²) in [5.74, 6) is 0.404. The summed E-state index contributed by atoms with van der Waals surface area (Å²) >= 11 is 19.7. The van der Waals surface area contributed by atoms with Crippen LogP contribution in [0, 0.1) is 5.82 Å². The number of aliphatic hydroxyl groups is 1. The first-order valence-electron chi connectivity index (χ1n) is 19.5. The second-order valence-electron chi connectivity index (χ2n) is 15.1. The third-order valence-corrected chi connectivity index (χ3v) is 12.4. The molecule has 0 saturated carbocycles. The summed E-state index contributed by atoms with van der Waals surface area (Å²) < 4.78 is 15.4. The molecule has 5 aromatic rings. The van der Waals surface area contributed by atoms with Crippen molar-refractivity contribution in [2.45, 2.75) is 63.6 Å². The predicted octanol–water partition coefficient (Wildman–Crippen LogP) is 7.00. The summed E-state index contributed by atoms with van der Waals surface area (Å²) in [6, 6.07) is 15.4. The van der Waals surface area contributed by atoms with Gasteiger partial charge in [-0.25, -0.2) is 14.4 Å². The molecule has 3 aromatic heterocycles. The van der Waals surface area contributed by atoms with E-state index in [0.717, 1.165) is 39.5 Å². The molecule has 59 heavy (non-hydrogen) atoms. The van der Waals surface area contributed by atoms with Gasteiger partial charge in [0.15, 0.2) is 0 Å². The first-order chi connectivity index (χ1) is 28.2. The van der Waals surface area contributed by atoms with Crippen molar-refractivity contribution in [3.63, 3.8) is 0 Å². The van der Waals surface area contributed by atoms with Crippen molar-refractivity contribution in [3.8, 4) is 11.3 Å². The molecule has 314 valence electrons. The zero-order valence-corrected chi connectivity index (χ0v) is 36.4. The second kappa shape index (κ2) is 19.9. The van der Waals surface area contributed by atoms with Gasteiger partial charge in [0.05, 0.1) is 39.5 Å². The average Bonchev–Trinajstić information content (AvgIpc) is 3.86. The molecule has 4 unspecified atom stereocenters. The van der Waals surface area contributed by atoms with E-state index in [1.54, 1.807) is 36.3 Å². The lowest BCUT2D eigenvalue weighted by Gasteiger charge is -2.38. The summed E-state index contributed by atoms with van der Waals surface area (Å²) in [4.78, 5) is 39.6. The SMILES string of the molecule is CC(C)NCC(C(=O)N1CCN(c2ncnc3c2C(C)CC3O)CC1)c1ccc(Cl)cc1.Cn1ncc(Cl)c1-c1cc(C(=O)NC(CN)Cc2cccc(F)c2)sc1Cl. The van der Waals surface area contributed by atoms with Crippen LogP contribution in [0.1, 0.15) is 77.2 Å². The fraction of sp³-hybridized carbons (Fsp3) is 0.405. The Kier molecular flexibility index (Phi) is 15.0. The number of amides is 2. The lowest BCUT2D eigenvalue weighted by molar-refractivity contribution is -0.133. The monoisotopic (exact) mass is 883 g/mol. The van der Waals surface area contributed by atoms with Crippen LogP contribution >= 0.6 is 46.1 Å². The van der Waals surface area contributed by atoms with Crippen LogP contribution in [-0.2, 0) is 18.3 Å². The Morgan fingerprint density at radius 1 is 1.05 bits per heavy atom. The number of carbonyl (C=O) groups is 2. The molecular weight excluding hydrogens is 836 g/mol. The quantitative estimate of drug-likeness (QED) is 0.104. The molecule has 1 aliphatic carbocycles. The number of halogens is 4. The highest BCUT2D eigenvalue weighted by Gasteiger charge is 2.35. The standard InChI is InChI=1S/C24H32ClN5O2.C18H17Cl2FN4OS/c1-15(2)26-13-19(17-4-6-18(25)7-5-17)24(32)30-10-8-29(9-11-30)23-21-16(3)12-20(31)22(21)27-14-28-23;1-25-16(14(19)9-23-25)13-7-15(27-17(13)20)18(26)24-12(8-22)6-10-3-2-4-11(21)5-10/h4-7,14-16,19-20,26,31H,8-13H2,1-3H3;2-5,7,9,12H,6,8,22H2,1H3,(H,24,26). The first-order valence-corrected chi connectivity index (χ1v) is 21.5. The van der Waals surface area contributed by atoms with Crippen molar-refractivity contribution >= 4 is 63.8 Å². The maximum atomic E-state index is 13.5. The van der Waals surface area contributed by atoms with Crippen molar-refractivity contribution in [2.24, 2.45) is 12.8 Å². The number of aromatic nitrogens is 4. The van der Waals surface area contributed by atoms with Crippen LogP contribution in [0.25, 0.3) is 11.3 Å². The van der Waals surface area contributed by atoms with E-state index in [1.165, 1.54) is 18.3 Å². The average molecular weight is 885 g/mol. The number of anilines is 1. The Morgan fingerprint density at radius 3 is 2.42 bits per heavy atom. The highest BCUT2D eigenvalue weighted by molar-refractivity contribution is 7.18. The molecule has 2 amide bonds. The van der Waals surface area contributed by atoms with Crippen molar-refractivity contribution in [1.82, 2.24) is 35.3 Å². The maximum Gasteiger partial charge on any atom is 0.261 e. The van der Waals surface area contributed by atoms with Gasteiger partial charge in [-0.15, -0.1) is 11.3 Å². The van der Waals surface area contributed by atoms with E-state index in [-0.39, 0.29) is 42.1 Å². The minimum Gasteiger partial charge on any atom is -0.387 e. The fourth-order valence-electron chi connectivity index (χ4n) is 7.46. The van der Waals surface area contributed by atoms with Gasteiger partial charge in [0, 0.05) is 74.5 Å². The molecule has 0 radical (unpaired) electrons. The molecule has 2 aromatic carbocycles. The van der Waals surface area contributed by atoms with Crippen LogP contribution in [0.5, 0.6) is 0 Å². The molecule has 5 N–H and O–H groups in total. The van der Waals surface area contributed by atoms with E-state index in [0.29, 0.717) is 82.1 Å². The van der Waals surface area contributed by atoms with Gasteiger partial charge in [-0.2, -0.15) is 5.10 Å². The van der Waals surface area contributed by atoms with E-state index in [1.807, 2.05) is 29.2 Å². The number of rotatable bonds is 12. The van der Waals surface area contributed by atoms with Crippen LogP contribution in [0.3, 0.4) is 0 Å². The molecular formula is C42H49Cl3FN9O3S. The highest BCUT2D eigenvalue weighted by atomic mass is 35.5. The molecule has 1 saturated heterocycles. The largest absolute Gasteiger partial charge is 0.387 e. The number of fused-ring (bicyclic) bond motifs is 1. The number of carbonyl (C=O) groups excluding carboxylic acids is 2. The second-order valence-corrected chi connectivity index (χ2v) is 17.6. The van der Waals surface area contributed by atoms with Crippen LogP contribution in [0.4, 0.5) is 10.2 Å². The lowest BCUT2D eigenvalue weighted by Crippen LogP contribution is -2.51. The number of piperazine rings is 1. The summed E-state index contributed by atoms with van der Waals surface area (Å²) in [5, 5.41) is 21.8. The number of nitrogens with zero attached hydrogens (tertiary/aromatic N) is 6. The van der Waals surface area contributed by atoms with Gasteiger partial charge in [0.25, 0.3) is 5.91 Å². The van der Waals surface area contributed by atoms with E-state index >= 15 is 0 Å². The number of benzene rings is 2. The molecule has 2 aliphatic rings. The highest BCUT2D eigenvalue weighted by Crippen LogP contribution is 2.43. The van der Waals surface area contributed by atoms with Gasteiger partial charge < -0.3 is 31.3 Å². The normalized spacial score (nSPS) is 17.3. The van der Waals surface area contributed by atoms with Gasteiger partial charge in [-0.05, 0) is 60.2 Å². The number of aryl methyl sites for hydroxylation is 1. The van der Waals surface area contributed by atoms with E-state index in [2.05, 4.69) is 51.4 Å². The third-order valence-electron chi connectivity index (χ3n) is 10.5. The summed E-state index contributed by atoms with van der Waals surface area (Å²) in [6.45, 7) is 9.79. The summed E-state index contributed by atoms with van der Waals surface area (Å²) in [7, 11) is 1.75. The lowest BCUT2D eigenvalue weighted by atomic mass is 9.96. The molecule has 4 atom stereocenters. The van der Waals surface area contributed by atoms with Crippen LogP contribution in [0.15, 0.2) is 67.1 Å². The van der Waals surface area contributed by atoms with Gasteiger partial charge in [0.2, 0.25) is 5.91 Å². The van der Waals surface area contributed by atoms with Crippen molar-refractivity contribution in [3.05, 3.63) is 115 Å². The number of hydrogen-bond donors (Lipinski definition) is 4. The number of hydrogen-bond acceptors (Lipinski definition) is 10. The third kappa shape index (κ3) is 10.8. The zero-order valence-electron chi connectivity index (χ0n) is 33.3. The van der Waals surface area contributed by atoms with E-state index in [4.69, 9.17) is 40.5 Å². The van der Waals surface area contributed by atoms with Gasteiger partial charge in [-0.1, -0.05) is 79.8 Å². The summed E-state index contributed by atoms with van der Waals surface area (Å²) in [6.07, 6.45) is 3.66. The van der Waals surface area contributed by atoms with Crippen molar-refractivity contribution < 1.29 is 19.1 Å². The minimum atomic E-state index is -0.516. The van der Waals surface area contributed by atoms with Crippen molar-refractivity contribution in [1.29, 1.82) is 0 Å². The van der Waals surface area contributed by atoms with Crippen molar-refractivity contribution in [2.75, 3.05) is 44.2 Å². The molecule has 1 fully saturated rings. The zero-order chi connectivity index (χ0) is 42.4. The van der Waals surface area contributed by atoms with Crippen LogP contribution < -0.4 is 21.3 Å². The molecule has 0 spiro atoms. The molecule has 0 bridgehead atoms. The van der Waals surface area contributed by atoms with Crippen LogP contribution in [-0.4, -0.2) is 92.9 Å². The molecule has 1 aliphatic heterocycles. The molecule has 12 nitrogen and oxygen atoms in total. The number of thiophene rings is 1. The van der Waals surface area contributed by atoms with E-state index < -0.39 is 6.10 Å². The van der Waals surface area contributed by atoms with Gasteiger partial charge in [0.1, 0.15) is 22.3 Å². The predicted molar refractivity (Wildman–Crippen MR) is 233 cm³/mol. The Balaban J connectivity index is 0.000000201. The number of nitrogens with two attached hydrogens (primary N) is 1. The number of aliphatic hydroxyl groups excluding tert-OH is 1. The summed E-state index contributed by atoms with van der Waals surface area (Å²) in [5.41, 5.74) is 10.6. The number of nitrogens with one attached hydrogen (secondary N) is 2. The van der Waals surface area contributed by atoms with Gasteiger partial charge in [-0.3, -0.25) is 14.3 Å². The topological polar surface area (TPSA) is 155 Å². The maximum absolute atomic E-state index is 13.5. The smallest absolute Gasteiger partial charge is 0.261 e. The Hall–Kier alpha value is -4.15. The Bertz CT molecular complexity index is 2210. The van der Waals surface area contributed by atoms with E-state index in [9.17, 15) is 19.1 Å². The molecule has 4 heterocycles. The Labute approximate surface area is 362 Å². The fourth-order valence-corrected chi connectivity index (χ4v) is 9.04. The molecule has 7 rings (SSSR count). The minimum absolute atomic E-state index is 0.136. The first kappa shape index (κ1) is 44.4. The molecule has 17 heteroatoms. The van der Waals surface area contributed by atoms with Crippen LogP contribution in [0.2, 0.25) is 14.4 Å². The Morgan fingerprint density at radius 2 is 1.78 bits per heavy atom.